The van der Waals surface area contributed by atoms with Crippen LogP contribution in [0, 0.1) is 22.7 Å². The standard InChI is InChI=1S/C22H44O3/c1-11-12-13-17(4)24-19(15-21(5,6)7)25-20(23)18(14-16(2)3)22(8,9)10/h16-19H,11-15H2,1-10H3. The molecule has 3 unspecified atom stereocenters. The molecule has 0 bridgehead atoms. The minimum Gasteiger partial charge on any atom is -0.435 e. The van der Waals surface area contributed by atoms with E-state index in [1.807, 2.05) is 0 Å². The predicted molar refractivity (Wildman–Crippen MR) is 106 cm³/mol. The highest BCUT2D eigenvalue weighted by Crippen LogP contribution is 2.34. The number of unbranched alkanes of at least 4 members (excludes halogenated alkanes) is 1. The summed E-state index contributed by atoms with van der Waals surface area (Å²) in [7, 11) is 0. The summed E-state index contributed by atoms with van der Waals surface area (Å²) in [6, 6.07) is 0. The van der Waals surface area contributed by atoms with Crippen molar-refractivity contribution in [1.29, 1.82) is 0 Å². The first kappa shape index (κ1) is 24.4. The first-order chi connectivity index (χ1) is 11.3. The van der Waals surface area contributed by atoms with Crippen molar-refractivity contribution in [2.75, 3.05) is 0 Å². The fourth-order valence-electron chi connectivity index (χ4n) is 2.92. The molecule has 0 N–H and O–H groups in total. The van der Waals surface area contributed by atoms with Gasteiger partial charge in [-0.2, -0.15) is 0 Å². The van der Waals surface area contributed by atoms with E-state index in [-0.39, 0.29) is 28.8 Å². The summed E-state index contributed by atoms with van der Waals surface area (Å²) in [5.74, 6) is 0.241. The quantitative estimate of drug-likeness (QED) is 0.327. The summed E-state index contributed by atoms with van der Waals surface area (Å²) < 4.78 is 12.0. The molecule has 0 rings (SSSR count). The molecule has 0 saturated heterocycles. The van der Waals surface area contributed by atoms with Crippen molar-refractivity contribution in [3.63, 3.8) is 0 Å². The number of hydrogen-bond donors (Lipinski definition) is 0. The van der Waals surface area contributed by atoms with Gasteiger partial charge in [0.2, 0.25) is 6.29 Å². The Bertz CT molecular complexity index is 374. The minimum atomic E-state index is -0.462. The summed E-state index contributed by atoms with van der Waals surface area (Å²) in [4.78, 5) is 12.9. The Kier molecular flexibility index (Phi) is 10.3. The lowest BCUT2D eigenvalue weighted by molar-refractivity contribution is -0.203. The molecule has 3 atom stereocenters. The van der Waals surface area contributed by atoms with Gasteiger partial charge >= 0.3 is 5.97 Å². The number of rotatable bonds is 10. The fraction of sp³-hybridized carbons (Fsp3) is 0.955. The second kappa shape index (κ2) is 10.5. The van der Waals surface area contributed by atoms with Gasteiger partial charge in [0.15, 0.2) is 0 Å². The lowest BCUT2D eigenvalue weighted by Gasteiger charge is -2.33. The highest BCUT2D eigenvalue weighted by Gasteiger charge is 2.35. The molecule has 3 nitrogen and oxygen atoms in total. The molecule has 0 heterocycles. The van der Waals surface area contributed by atoms with Gasteiger partial charge in [-0.05, 0) is 36.5 Å². The van der Waals surface area contributed by atoms with Crippen LogP contribution in [0.15, 0.2) is 0 Å². The molecule has 150 valence electrons. The van der Waals surface area contributed by atoms with Crippen LogP contribution in [0.5, 0.6) is 0 Å². The van der Waals surface area contributed by atoms with Crippen LogP contribution in [0.2, 0.25) is 0 Å². The van der Waals surface area contributed by atoms with Gasteiger partial charge in [0, 0.05) is 6.42 Å². The monoisotopic (exact) mass is 356 g/mol. The zero-order valence-electron chi connectivity index (χ0n) is 18.6. The van der Waals surface area contributed by atoms with Crippen molar-refractivity contribution in [3.05, 3.63) is 0 Å². The van der Waals surface area contributed by atoms with E-state index in [1.54, 1.807) is 0 Å². The second-order valence-electron chi connectivity index (χ2n) is 10.3. The maximum absolute atomic E-state index is 12.9. The molecule has 0 aromatic carbocycles. The van der Waals surface area contributed by atoms with E-state index in [1.165, 1.54) is 0 Å². The van der Waals surface area contributed by atoms with Crippen molar-refractivity contribution in [1.82, 2.24) is 0 Å². The van der Waals surface area contributed by atoms with Gasteiger partial charge in [0.1, 0.15) is 0 Å². The summed E-state index contributed by atoms with van der Waals surface area (Å²) in [5, 5.41) is 0. The maximum Gasteiger partial charge on any atom is 0.311 e. The Hall–Kier alpha value is -0.570. The third-order valence-electron chi connectivity index (χ3n) is 4.41. The normalized spacial score (nSPS) is 16.6. The SMILES string of the molecule is CCCCC(C)OC(CC(C)(C)C)OC(=O)C(CC(C)C)C(C)(C)C. The molecule has 25 heavy (non-hydrogen) atoms. The number of ether oxygens (including phenoxy) is 2. The van der Waals surface area contributed by atoms with Crippen molar-refractivity contribution >= 4 is 5.97 Å². The zero-order chi connectivity index (χ0) is 19.8. The van der Waals surface area contributed by atoms with E-state index in [4.69, 9.17) is 9.47 Å². The van der Waals surface area contributed by atoms with Crippen molar-refractivity contribution in [2.24, 2.45) is 22.7 Å². The average Bonchev–Trinajstić information content (AvgIpc) is 2.38. The van der Waals surface area contributed by atoms with Crippen molar-refractivity contribution in [3.8, 4) is 0 Å². The Balaban J connectivity index is 5.08. The number of hydrogen-bond acceptors (Lipinski definition) is 3. The molecule has 0 aliphatic heterocycles. The topological polar surface area (TPSA) is 35.5 Å². The fourth-order valence-corrected chi connectivity index (χ4v) is 2.92. The Morgan fingerprint density at radius 2 is 1.56 bits per heavy atom. The molecule has 0 saturated carbocycles. The zero-order valence-corrected chi connectivity index (χ0v) is 18.6. The molecule has 3 heteroatoms. The smallest absolute Gasteiger partial charge is 0.311 e. The predicted octanol–water partition coefficient (Wildman–Crippen LogP) is 6.60. The highest BCUT2D eigenvalue weighted by molar-refractivity contribution is 5.73. The summed E-state index contributed by atoms with van der Waals surface area (Å²) in [5.41, 5.74) is -0.0633. The lowest BCUT2D eigenvalue weighted by atomic mass is 9.76. The first-order valence-corrected chi connectivity index (χ1v) is 10.1. The third-order valence-corrected chi connectivity index (χ3v) is 4.41. The summed E-state index contributed by atoms with van der Waals surface area (Å²) in [6.45, 7) is 21.4. The second-order valence-corrected chi connectivity index (χ2v) is 10.3. The number of carbonyl (C=O) groups is 1. The van der Waals surface area contributed by atoms with Crippen LogP contribution in [0.3, 0.4) is 0 Å². The molecule has 0 aromatic rings. The van der Waals surface area contributed by atoms with E-state index in [2.05, 4.69) is 69.2 Å². The van der Waals surface area contributed by atoms with Crippen molar-refractivity contribution in [2.45, 2.75) is 114 Å². The molecule has 0 fully saturated rings. The Labute approximate surface area is 157 Å². The van der Waals surface area contributed by atoms with E-state index in [9.17, 15) is 4.79 Å². The van der Waals surface area contributed by atoms with Gasteiger partial charge in [-0.15, -0.1) is 0 Å². The van der Waals surface area contributed by atoms with Gasteiger partial charge in [-0.3, -0.25) is 4.79 Å². The molecule has 0 aromatic heterocycles. The Morgan fingerprint density at radius 3 is 1.96 bits per heavy atom. The third kappa shape index (κ3) is 11.6. The van der Waals surface area contributed by atoms with Crippen LogP contribution in [0.25, 0.3) is 0 Å². The van der Waals surface area contributed by atoms with Gasteiger partial charge in [-0.25, -0.2) is 0 Å². The maximum atomic E-state index is 12.9. The lowest BCUT2D eigenvalue weighted by Crippen LogP contribution is -2.37. The van der Waals surface area contributed by atoms with Crippen LogP contribution >= 0.6 is 0 Å². The van der Waals surface area contributed by atoms with Crippen molar-refractivity contribution < 1.29 is 14.3 Å². The largest absolute Gasteiger partial charge is 0.435 e. The number of esters is 1. The van der Waals surface area contributed by atoms with Crippen LogP contribution in [0.4, 0.5) is 0 Å². The summed E-state index contributed by atoms with van der Waals surface area (Å²) in [6.07, 6.45) is 4.50. The van der Waals surface area contributed by atoms with Gasteiger partial charge in [0.05, 0.1) is 12.0 Å². The van der Waals surface area contributed by atoms with Crippen LogP contribution in [-0.4, -0.2) is 18.4 Å². The molecule has 0 radical (unpaired) electrons. The minimum absolute atomic E-state index is 0.0463. The van der Waals surface area contributed by atoms with Crippen LogP contribution in [0.1, 0.15) is 101 Å². The highest BCUT2D eigenvalue weighted by atomic mass is 16.7. The average molecular weight is 357 g/mol. The van der Waals surface area contributed by atoms with E-state index in [0.717, 1.165) is 25.7 Å². The molecular weight excluding hydrogens is 312 g/mol. The van der Waals surface area contributed by atoms with E-state index >= 15 is 0 Å². The van der Waals surface area contributed by atoms with E-state index < -0.39 is 6.29 Å². The Morgan fingerprint density at radius 1 is 1.00 bits per heavy atom. The van der Waals surface area contributed by atoms with Gasteiger partial charge in [0.25, 0.3) is 0 Å². The van der Waals surface area contributed by atoms with Crippen LogP contribution < -0.4 is 0 Å². The summed E-state index contributed by atoms with van der Waals surface area (Å²) >= 11 is 0. The van der Waals surface area contributed by atoms with Crippen LogP contribution in [-0.2, 0) is 14.3 Å². The molecule has 0 spiro atoms. The molecular formula is C22H44O3. The molecule has 0 aliphatic carbocycles. The molecule has 0 aliphatic rings. The first-order valence-electron chi connectivity index (χ1n) is 10.1. The van der Waals surface area contributed by atoms with Gasteiger partial charge in [-0.1, -0.05) is 75.2 Å². The molecule has 0 amide bonds. The van der Waals surface area contributed by atoms with E-state index in [0.29, 0.717) is 12.3 Å². The van der Waals surface area contributed by atoms with Gasteiger partial charge < -0.3 is 9.47 Å². The number of carbonyl (C=O) groups excluding carboxylic acids is 1.